The van der Waals surface area contributed by atoms with E-state index in [0.717, 1.165) is 0 Å². The third-order valence-electron chi connectivity index (χ3n) is 1.30. The number of hydrogen-bond acceptors (Lipinski definition) is 4. The summed E-state index contributed by atoms with van der Waals surface area (Å²) in [4.78, 5) is 14.9. The number of nitrogens with zero attached hydrogens (tertiary/aromatic N) is 1. The number of carbonyl (C=O) groups is 1. The smallest absolute Gasteiger partial charge is 0.181 e. The molecular formula is C9H15N3O. The van der Waals surface area contributed by atoms with E-state index in [2.05, 4.69) is 11.6 Å². The maximum Gasteiger partial charge on any atom is 0.181 e. The van der Waals surface area contributed by atoms with Gasteiger partial charge in [-0.15, -0.1) is 0 Å². The van der Waals surface area contributed by atoms with Crippen molar-refractivity contribution >= 4 is 12.0 Å². The fourth-order valence-corrected chi connectivity index (χ4v) is 0.629. The molecule has 0 aliphatic heterocycles. The standard InChI is InChI=1S/C9H15N3O/c1-6(2)9(13)8(11)4-5-12-7(3)10/h4-6H,3,10-11H2,1-2H3/b8-4-,12-5?. The molecule has 0 rings (SSSR count). The molecule has 0 saturated carbocycles. The first-order valence-corrected chi connectivity index (χ1v) is 3.93. The number of nitrogens with two attached hydrogens (primary N) is 2. The van der Waals surface area contributed by atoms with E-state index in [9.17, 15) is 4.79 Å². The van der Waals surface area contributed by atoms with Gasteiger partial charge in [0.25, 0.3) is 0 Å². The summed E-state index contributed by atoms with van der Waals surface area (Å²) in [6, 6.07) is 0. The topological polar surface area (TPSA) is 81.5 Å². The molecule has 0 unspecified atom stereocenters. The van der Waals surface area contributed by atoms with Crippen LogP contribution in [0.5, 0.6) is 0 Å². The molecule has 0 bridgehead atoms. The van der Waals surface area contributed by atoms with Crippen LogP contribution >= 0.6 is 0 Å². The highest BCUT2D eigenvalue weighted by Gasteiger charge is 2.08. The van der Waals surface area contributed by atoms with Gasteiger partial charge in [-0.25, -0.2) is 4.99 Å². The molecule has 0 radical (unpaired) electrons. The summed E-state index contributed by atoms with van der Waals surface area (Å²) < 4.78 is 0. The molecule has 0 aliphatic rings. The van der Waals surface area contributed by atoms with Crippen molar-refractivity contribution in [3.8, 4) is 0 Å². The predicted molar refractivity (Wildman–Crippen MR) is 53.9 cm³/mol. The van der Waals surface area contributed by atoms with Crippen molar-refractivity contribution in [1.29, 1.82) is 0 Å². The largest absolute Gasteiger partial charge is 0.396 e. The molecule has 0 saturated heterocycles. The molecule has 0 aliphatic carbocycles. The van der Waals surface area contributed by atoms with Crippen molar-refractivity contribution in [2.24, 2.45) is 22.4 Å². The van der Waals surface area contributed by atoms with Crippen LogP contribution in [0.15, 0.2) is 29.2 Å². The maximum absolute atomic E-state index is 11.2. The van der Waals surface area contributed by atoms with Crippen LogP contribution in [0.2, 0.25) is 0 Å². The third kappa shape index (κ3) is 4.79. The van der Waals surface area contributed by atoms with Gasteiger partial charge in [-0.1, -0.05) is 20.4 Å². The minimum Gasteiger partial charge on any atom is -0.396 e. The van der Waals surface area contributed by atoms with E-state index in [0.29, 0.717) is 0 Å². The van der Waals surface area contributed by atoms with E-state index >= 15 is 0 Å². The summed E-state index contributed by atoms with van der Waals surface area (Å²) in [7, 11) is 0. The first-order valence-electron chi connectivity index (χ1n) is 3.93. The fourth-order valence-electron chi connectivity index (χ4n) is 0.629. The minimum absolute atomic E-state index is 0.103. The van der Waals surface area contributed by atoms with Crippen molar-refractivity contribution in [1.82, 2.24) is 0 Å². The van der Waals surface area contributed by atoms with Crippen LogP contribution in [0.1, 0.15) is 13.8 Å². The summed E-state index contributed by atoms with van der Waals surface area (Å²) in [6.45, 7) is 6.92. The van der Waals surface area contributed by atoms with E-state index < -0.39 is 0 Å². The number of carbonyl (C=O) groups excluding carboxylic acids is 1. The molecule has 0 aromatic carbocycles. The lowest BCUT2D eigenvalue weighted by Gasteiger charge is -2.01. The van der Waals surface area contributed by atoms with Crippen molar-refractivity contribution in [2.75, 3.05) is 0 Å². The van der Waals surface area contributed by atoms with Crippen LogP contribution < -0.4 is 11.5 Å². The first kappa shape index (κ1) is 11.4. The van der Waals surface area contributed by atoms with Crippen LogP contribution in [0.4, 0.5) is 0 Å². The fraction of sp³-hybridized carbons (Fsp3) is 0.333. The van der Waals surface area contributed by atoms with Gasteiger partial charge >= 0.3 is 0 Å². The van der Waals surface area contributed by atoms with Crippen molar-refractivity contribution in [3.63, 3.8) is 0 Å². The number of allylic oxidation sites excluding steroid dienone is 2. The molecule has 0 fully saturated rings. The monoisotopic (exact) mass is 181 g/mol. The molecule has 0 atom stereocenters. The Morgan fingerprint density at radius 2 is 2.00 bits per heavy atom. The maximum atomic E-state index is 11.2. The Hall–Kier alpha value is -1.58. The Labute approximate surface area is 78.0 Å². The van der Waals surface area contributed by atoms with E-state index in [1.165, 1.54) is 12.3 Å². The second-order valence-corrected chi connectivity index (χ2v) is 2.91. The van der Waals surface area contributed by atoms with Crippen LogP contribution in [0, 0.1) is 5.92 Å². The SMILES string of the molecule is C=C(N)N=C/C=C(\N)C(=O)C(C)C. The van der Waals surface area contributed by atoms with Gasteiger partial charge in [0.1, 0.15) is 5.82 Å². The highest BCUT2D eigenvalue weighted by molar-refractivity contribution is 5.99. The van der Waals surface area contributed by atoms with Crippen molar-refractivity contribution in [3.05, 3.63) is 24.2 Å². The normalized spacial score (nSPS) is 12.4. The highest BCUT2D eigenvalue weighted by atomic mass is 16.1. The molecule has 0 aromatic heterocycles. The second kappa shape index (κ2) is 5.13. The van der Waals surface area contributed by atoms with Crippen LogP contribution in [0.25, 0.3) is 0 Å². The molecule has 4 N–H and O–H groups in total. The summed E-state index contributed by atoms with van der Waals surface area (Å²) in [6.07, 6.45) is 2.78. The van der Waals surface area contributed by atoms with E-state index in [-0.39, 0.29) is 23.2 Å². The molecule has 0 spiro atoms. The Morgan fingerprint density at radius 1 is 1.46 bits per heavy atom. The molecular weight excluding hydrogens is 166 g/mol. The van der Waals surface area contributed by atoms with E-state index in [1.807, 2.05) is 0 Å². The van der Waals surface area contributed by atoms with E-state index in [1.54, 1.807) is 13.8 Å². The van der Waals surface area contributed by atoms with Gasteiger partial charge in [0.15, 0.2) is 5.78 Å². The molecule has 4 heteroatoms. The zero-order chi connectivity index (χ0) is 10.4. The average Bonchev–Trinajstić information content (AvgIpc) is 2.02. The summed E-state index contributed by atoms with van der Waals surface area (Å²) >= 11 is 0. The summed E-state index contributed by atoms with van der Waals surface area (Å²) in [5.74, 6) is -0.0270. The molecule has 13 heavy (non-hydrogen) atoms. The lowest BCUT2D eigenvalue weighted by Crippen LogP contribution is -2.16. The zero-order valence-corrected chi connectivity index (χ0v) is 7.95. The van der Waals surface area contributed by atoms with Crippen LogP contribution in [0.3, 0.4) is 0 Å². The number of hydrogen-bond donors (Lipinski definition) is 2. The molecule has 0 heterocycles. The number of ketones is 1. The Balaban J connectivity index is 4.33. The Kier molecular flexibility index (Phi) is 4.51. The predicted octanol–water partition coefficient (Wildman–Crippen LogP) is 0.555. The number of aliphatic imine (C=N–C) groups is 1. The number of rotatable bonds is 4. The van der Waals surface area contributed by atoms with Gasteiger partial charge in [-0.3, -0.25) is 4.79 Å². The van der Waals surface area contributed by atoms with Gasteiger partial charge in [-0.2, -0.15) is 0 Å². The quantitative estimate of drug-likeness (QED) is 0.491. The van der Waals surface area contributed by atoms with Gasteiger partial charge in [0.05, 0.1) is 5.70 Å². The summed E-state index contributed by atoms with van der Waals surface area (Å²) in [5.41, 5.74) is 10.8. The summed E-state index contributed by atoms with van der Waals surface area (Å²) in [5, 5.41) is 0. The Morgan fingerprint density at radius 3 is 2.38 bits per heavy atom. The Bertz CT molecular complexity index is 264. The van der Waals surface area contributed by atoms with E-state index in [4.69, 9.17) is 11.5 Å². The number of Topliss-reactive ketones (excluding diaryl/α,β-unsaturated/α-hetero) is 1. The first-order chi connectivity index (χ1) is 5.95. The van der Waals surface area contributed by atoms with Crippen LogP contribution in [-0.4, -0.2) is 12.0 Å². The van der Waals surface area contributed by atoms with Crippen molar-refractivity contribution in [2.45, 2.75) is 13.8 Å². The van der Waals surface area contributed by atoms with Gasteiger partial charge < -0.3 is 11.5 Å². The lowest BCUT2D eigenvalue weighted by molar-refractivity contribution is -0.118. The molecule has 0 amide bonds. The third-order valence-corrected chi connectivity index (χ3v) is 1.30. The van der Waals surface area contributed by atoms with Crippen molar-refractivity contribution < 1.29 is 4.79 Å². The lowest BCUT2D eigenvalue weighted by atomic mass is 10.1. The zero-order valence-electron chi connectivity index (χ0n) is 7.95. The van der Waals surface area contributed by atoms with Gasteiger partial charge in [-0.05, 0) is 6.08 Å². The van der Waals surface area contributed by atoms with Crippen LogP contribution in [-0.2, 0) is 4.79 Å². The van der Waals surface area contributed by atoms with Gasteiger partial charge in [0, 0.05) is 12.1 Å². The van der Waals surface area contributed by atoms with Gasteiger partial charge in [0.2, 0.25) is 0 Å². The second-order valence-electron chi connectivity index (χ2n) is 2.91. The molecule has 0 aromatic rings. The minimum atomic E-state index is -0.106. The molecule has 4 nitrogen and oxygen atoms in total. The highest BCUT2D eigenvalue weighted by Crippen LogP contribution is 1.99. The average molecular weight is 181 g/mol. The molecule has 72 valence electrons.